The van der Waals surface area contributed by atoms with Gasteiger partial charge in [-0.05, 0) is 30.2 Å². The zero-order chi connectivity index (χ0) is 16.2. The van der Waals surface area contributed by atoms with Crippen LogP contribution >= 0.6 is 0 Å². The number of piperazine rings is 1. The number of aryl methyl sites for hydroxylation is 2. The molecule has 1 aliphatic heterocycles. The van der Waals surface area contributed by atoms with Crippen LogP contribution in [0.5, 0.6) is 0 Å². The van der Waals surface area contributed by atoms with E-state index in [2.05, 4.69) is 46.7 Å². The molecule has 1 heterocycles. The Balaban J connectivity index is 1.71. The largest absolute Gasteiger partial charge is 0.351 e. The molecule has 0 saturated carbocycles. The molecule has 122 valence electrons. The van der Waals surface area contributed by atoms with E-state index in [9.17, 15) is 4.79 Å². The molecule has 2 N–H and O–H groups in total. The van der Waals surface area contributed by atoms with Gasteiger partial charge in [0, 0.05) is 39.3 Å². The number of hydrogen-bond donors (Lipinski definition) is 2. The zero-order valence-electron chi connectivity index (χ0n) is 14.0. The van der Waals surface area contributed by atoms with Crippen LogP contribution in [0.3, 0.4) is 0 Å². The number of rotatable bonds is 4. The van der Waals surface area contributed by atoms with E-state index in [0.717, 1.165) is 54.6 Å². The Morgan fingerprint density at radius 2 is 1.96 bits per heavy atom. The van der Waals surface area contributed by atoms with E-state index in [1.165, 1.54) is 5.56 Å². The first kappa shape index (κ1) is 16.0. The Morgan fingerprint density at radius 1 is 1.17 bits per heavy atom. The monoisotopic (exact) mass is 311 g/mol. The topological polar surface area (TPSA) is 44.4 Å². The highest BCUT2D eigenvalue weighted by molar-refractivity contribution is 6.08. The average molecular weight is 311 g/mol. The number of carbonyl (C=O) groups excluding carboxylic acids is 1. The minimum atomic E-state index is 0.0343. The standard InChI is InChI=1S/C19H25N3O/c1-14-3-6-17-16(13-14)5-4-15(2)18(17)19(23)21-9-12-22-10-7-20-8-11-22/h3-6,13,20H,7-12H2,1-2H3,(H,21,23). The van der Waals surface area contributed by atoms with Crippen molar-refractivity contribution in [2.24, 2.45) is 0 Å². The second-order valence-electron chi connectivity index (χ2n) is 6.33. The van der Waals surface area contributed by atoms with Crippen LogP contribution in [-0.2, 0) is 0 Å². The minimum Gasteiger partial charge on any atom is -0.351 e. The van der Waals surface area contributed by atoms with Crippen LogP contribution in [0, 0.1) is 13.8 Å². The van der Waals surface area contributed by atoms with Crippen LogP contribution < -0.4 is 10.6 Å². The van der Waals surface area contributed by atoms with E-state index in [1.807, 2.05) is 13.0 Å². The molecule has 1 amide bonds. The Morgan fingerprint density at radius 3 is 2.74 bits per heavy atom. The molecule has 0 aromatic heterocycles. The Kier molecular flexibility index (Phi) is 4.94. The van der Waals surface area contributed by atoms with Gasteiger partial charge in [0.1, 0.15) is 0 Å². The van der Waals surface area contributed by atoms with E-state index in [0.29, 0.717) is 6.54 Å². The molecule has 4 heteroatoms. The summed E-state index contributed by atoms with van der Waals surface area (Å²) in [4.78, 5) is 15.0. The first-order valence-corrected chi connectivity index (χ1v) is 8.36. The molecule has 3 rings (SSSR count). The Hall–Kier alpha value is -1.91. The van der Waals surface area contributed by atoms with Crippen molar-refractivity contribution < 1.29 is 4.79 Å². The lowest BCUT2D eigenvalue weighted by molar-refractivity contribution is 0.0948. The molecule has 0 unspecified atom stereocenters. The summed E-state index contributed by atoms with van der Waals surface area (Å²) in [6.45, 7) is 9.88. The summed E-state index contributed by atoms with van der Waals surface area (Å²) in [6.07, 6.45) is 0. The molecule has 0 spiro atoms. The maximum absolute atomic E-state index is 12.7. The van der Waals surface area contributed by atoms with Gasteiger partial charge in [0.15, 0.2) is 0 Å². The summed E-state index contributed by atoms with van der Waals surface area (Å²) in [6, 6.07) is 10.4. The smallest absolute Gasteiger partial charge is 0.252 e. The molecule has 4 nitrogen and oxygen atoms in total. The van der Waals surface area contributed by atoms with Crippen LogP contribution in [0.25, 0.3) is 10.8 Å². The highest BCUT2D eigenvalue weighted by Gasteiger charge is 2.14. The van der Waals surface area contributed by atoms with Gasteiger partial charge in [0.05, 0.1) is 5.56 Å². The van der Waals surface area contributed by atoms with Gasteiger partial charge >= 0.3 is 0 Å². The molecular weight excluding hydrogens is 286 g/mol. The number of benzene rings is 2. The van der Waals surface area contributed by atoms with Crippen LogP contribution in [-0.4, -0.2) is 50.1 Å². The van der Waals surface area contributed by atoms with E-state index in [4.69, 9.17) is 0 Å². The maximum atomic E-state index is 12.7. The number of hydrogen-bond acceptors (Lipinski definition) is 3. The van der Waals surface area contributed by atoms with Gasteiger partial charge in [-0.3, -0.25) is 9.69 Å². The number of nitrogens with one attached hydrogen (secondary N) is 2. The van der Waals surface area contributed by atoms with Crippen molar-refractivity contribution >= 4 is 16.7 Å². The first-order chi connectivity index (χ1) is 11.1. The highest BCUT2D eigenvalue weighted by atomic mass is 16.1. The van der Waals surface area contributed by atoms with Crippen LogP contribution in [0.4, 0.5) is 0 Å². The quantitative estimate of drug-likeness (QED) is 0.909. The molecule has 0 aliphatic carbocycles. The summed E-state index contributed by atoms with van der Waals surface area (Å²) < 4.78 is 0. The highest BCUT2D eigenvalue weighted by Crippen LogP contribution is 2.23. The third-order valence-electron chi connectivity index (χ3n) is 4.53. The normalized spacial score (nSPS) is 15.7. The van der Waals surface area contributed by atoms with Crippen molar-refractivity contribution in [3.8, 4) is 0 Å². The lowest BCUT2D eigenvalue weighted by Crippen LogP contribution is -2.46. The van der Waals surface area contributed by atoms with Gasteiger partial charge in [0.2, 0.25) is 0 Å². The maximum Gasteiger partial charge on any atom is 0.252 e. The summed E-state index contributed by atoms with van der Waals surface area (Å²) in [5, 5.41) is 8.60. The van der Waals surface area contributed by atoms with Crippen molar-refractivity contribution in [2.45, 2.75) is 13.8 Å². The molecule has 0 bridgehead atoms. The van der Waals surface area contributed by atoms with Gasteiger partial charge in [-0.15, -0.1) is 0 Å². The zero-order valence-corrected chi connectivity index (χ0v) is 14.0. The average Bonchev–Trinajstić information content (AvgIpc) is 2.56. The molecule has 2 aromatic rings. The molecular formula is C19H25N3O. The first-order valence-electron chi connectivity index (χ1n) is 8.36. The van der Waals surface area contributed by atoms with Gasteiger partial charge in [-0.2, -0.15) is 0 Å². The molecule has 1 saturated heterocycles. The molecule has 0 atom stereocenters. The van der Waals surface area contributed by atoms with Crippen molar-refractivity contribution in [1.29, 1.82) is 0 Å². The van der Waals surface area contributed by atoms with Gasteiger partial charge in [-0.25, -0.2) is 0 Å². The van der Waals surface area contributed by atoms with Crippen LogP contribution in [0.15, 0.2) is 30.3 Å². The summed E-state index contributed by atoms with van der Waals surface area (Å²) in [7, 11) is 0. The molecule has 0 radical (unpaired) electrons. The van der Waals surface area contributed by atoms with E-state index < -0.39 is 0 Å². The minimum absolute atomic E-state index is 0.0343. The second kappa shape index (κ2) is 7.11. The van der Waals surface area contributed by atoms with Gasteiger partial charge in [-0.1, -0.05) is 35.9 Å². The SMILES string of the molecule is Cc1ccc2c(C(=O)NCCN3CCNCC3)c(C)ccc2c1. The van der Waals surface area contributed by atoms with E-state index in [-0.39, 0.29) is 5.91 Å². The number of amides is 1. The van der Waals surface area contributed by atoms with Gasteiger partial charge < -0.3 is 10.6 Å². The van der Waals surface area contributed by atoms with Crippen molar-refractivity contribution in [3.63, 3.8) is 0 Å². The van der Waals surface area contributed by atoms with E-state index >= 15 is 0 Å². The summed E-state index contributed by atoms with van der Waals surface area (Å²) in [5.74, 6) is 0.0343. The Bertz CT molecular complexity index is 705. The fourth-order valence-electron chi connectivity index (χ4n) is 3.21. The second-order valence-corrected chi connectivity index (χ2v) is 6.33. The third-order valence-corrected chi connectivity index (χ3v) is 4.53. The fraction of sp³-hybridized carbons (Fsp3) is 0.421. The molecule has 1 fully saturated rings. The predicted octanol–water partition coefficient (Wildman–Crippen LogP) is 2.09. The lowest BCUT2D eigenvalue weighted by Gasteiger charge is -2.27. The summed E-state index contributed by atoms with van der Waals surface area (Å²) in [5.41, 5.74) is 3.05. The van der Waals surface area contributed by atoms with Crippen molar-refractivity contribution in [3.05, 3.63) is 47.0 Å². The third kappa shape index (κ3) is 3.71. The molecule has 23 heavy (non-hydrogen) atoms. The number of carbonyl (C=O) groups is 1. The summed E-state index contributed by atoms with van der Waals surface area (Å²) >= 11 is 0. The molecule has 1 aliphatic rings. The lowest BCUT2D eigenvalue weighted by atomic mass is 9.98. The predicted molar refractivity (Wildman–Crippen MR) is 95.1 cm³/mol. The van der Waals surface area contributed by atoms with Gasteiger partial charge in [0.25, 0.3) is 5.91 Å². The fourth-order valence-corrected chi connectivity index (χ4v) is 3.21. The van der Waals surface area contributed by atoms with Crippen LogP contribution in [0.1, 0.15) is 21.5 Å². The van der Waals surface area contributed by atoms with Crippen LogP contribution in [0.2, 0.25) is 0 Å². The van der Waals surface area contributed by atoms with E-state index in [1.54, 1.807) is 0 Å². The molecule has 2 aromatic carbocycles. The Labute approximate surface area is 137 Å². The number of nitrogens with zero attached hydrogens (tertiary/aromatic N) is 1. The van der Waals surface area contributed by atoms with Crippen molar-refractivity contribution in [2.75, 3.05) is 39.3 Å². The number of fused-ring (bicyclic) bond motifs is 1. The van der Waals surface area contributed by atoms with Crippen molar-refractivity contribution in [1.82, 2.24) is 15.5 Å².